The third-order valence-electron chi connectivity index (χ3n) is 6.52. The topological polar surface area (TPSA) is 70.1 Å². The van der Waals surface area contributed by atoms with Gasteiger partial charge in [0.15, 0.2) is 0 Å². The largest absolute Gasteiger partial charge is 0.438 e. The van der Waals surface area contributed by atoms with E-state index in [0.29, 0.717) is 12.1 Å². The van der Waals surface area contributed by atoms with Gasteiger partial charge in [-0.15, -0.1) is 0 Å². The number of nitrogens with zero attached hydrogens (tertiary/aromatic N) is 2. The molecule has 1 saturated heterocycles. The number of imide groups is 1. The first kappa shape index (κ1) is 24.9. The standard InChI is InChI=1S/C29H34N2O4/c1-19(25(32)24-16-15-21-11-9-10-14-23(21)17-24)27(33)31-28(34)35-26(22-12-7-6-8-13-22)20(2)30(31)18-29(3,4)5/h6-17,19-20,25-26,32H,18H2,1-5H3/t19-,20-,25-,26-/m0/s1. The predicted octanol–water partition coefficient (Wildman–Crippen LogP) is 5.88. The van der Waals surface area contributed by atoms with E-state index in [2.05, 4.69) is 20.8 Å². The number of hydrogen-bond acceptors (Lipinski definition) is 5. The number of aliphatic hydroxyl groups is 1. The molecule has 1 fully saturated rings. The molecule has 0 spiro atoms. The fourth-order valence-electron chi connectivity index (χ4n) is 4.62. The lowest BCUT2D eigenvalue weighted by atomic mass is 9.93. The molecule has 0 saturated carbocycles. The maximum Gasteiger partial charge on any atom is 0.432 e. The Hall–Kier alpha value is -3.22. The third-order valence-corrected chi connectivity index (χ3v) is 6.52. The van der Waals surface area contributed by atoms with Crippen LogP contribution in [0.2, 0.25) is 0 Å². The summed E-state index contributed by atoms with van der Waals surface area (Å²) in [6.45, 7) is 10.3. The van der Waals surface area contributed by atoms with E-state index in [0.717, 1.165) is 21.3 Å². The molecule has 0 bridgehead atoms. The molecule has 6 nitrogen and oxygen atoms in total. The van der Waals surface area contributed by atoms with Crippen LogP contribution in [0.1, 0.15) is 58.0 Å². The van der Waals surface area contributed by atoms with Crippen LogP contribution < -0.4 is 0 Å². The second-order valence-corrected chi connectivity index (χ2v) is 10.6. The average molecular weight is 475 g/mol. The minimum atomic E-state index is -1.07. The summed E-state index contributed by atoms with van der Waals surface area (Å²) in [5.41, 5.74) is 1.32. The van der Waals surface area contributed by atoms with Gasteiger partial charge in [0.25, 0.3) is 5.91 Å². The van der Waals surface area contributed by atoms with Crippen molar-refractivity contribution in [3.8, 4) is 0 Å². The first-order valence-corrected chi connectivity index (χ1v) is 12.1. The summed E-state index contributed by atoms with van der Waals surface area (Å²) >= 11 is 0. The van der Waals surface area contributed by atoms with E-state index >= 15 is 0 Å². The van der Waals surface area contributed by atoms with Gasteiger partial charge in [-0.1, -0.05) is 94.4 Å². The average Bonchev–Trinajstić information content (AvgIpc) is 2.84. The smallest absolute Gasteiger partial charge is 0.432 e. The number of hydrazine groups is 1. The molecule has 1 aliphatic heterocycles. The van der Waals surface area contributed by atoms with Crippen LogP contribution in [0, 0.1) is 11.3 Å². The molecule has 3 aromatic rings. The molecular weight excluding hydrogens is 440 g/mol. The van der Waals surface area contributed by atoms with Gasteiger partial charge in [0.2, 0.25) is 0 Å². The normalized spacial score (nSPS) is 21.0. The lowest BCUT2D eigenvalue weighted by Crippen LogP contribution is -2.62. The van der Waals surface area contributed by atoms with Crippen LogP contribution in [0.25, 0.3) is 10.8 Å². The zero-order valence-electron chi connectivity index (χ0n) is 21.0. The van der Waals surface area contributed by atoms with Gasteiger partial charge < -0.3 is 9.84 Å². The van der Waals surface area contributed by atoms with Crippen molar-refractivity contribution in [2.24, 2.45) is 11.3 Å². The molecule has 2 amide bonds. The van der Waals surface area contributed by atoms with E-state index in [9.17, 15) is 14.7 Å². The summed E-state index contributed by atoms with van der Waals surface area (Å²) in [5.74, 6) is -1.34. The SMILES string of the molecule is C[C@H](C(=O)N1C(=O)O[C@H](c2ccccc2)[C@H](C)N1CC(C)(C)C)[C@H](O)c1ccc2ccccc2c1. The second-order valence-electron chi connectivity index (χ2n) is 10.6. The lowest BCUT2D eigenvalue weighted by Gasteiger charge is -2.47. The van der Waals surface area contributed by atoms with Gasteiger partial charge in [-0.05, 0) is 40.3 Å². The van der Waals surface area contributed by atoms with Crippen LogP contribution in [0.5, 0.6) is 0 Å². The fraction of sp³-hybridized carbons (Fsp3) is 0.379. The Morgan fingerprint density at radius 1 is 1.00 bits per heavy atom. The Labute approximate surface area is 207 Å². The van der Waals surface area contributed by atoms with Crippen LogP contribution >= 0.6 is 0 Å². The number of aliphatic hydroxyl groups excluding tert-OH is 1. The number of carbonyl (C=O) groups is 2. The van der Waals surface area contributed by atoms with Crippen molar-refractivity contribution < 1.29 is 19.4 Å². The quantitative estimate of drug-likeness (QED) is 0.500. The van der Waals surface area contributed by atoms with Gasteiger partial charge in [-0.2, -0.15) is 5.01 Å². The van der Waals surface area contributed by atoms with E-state index in [1.165, 1.54) is 0 Å². The predicted molar refractivity (Wildman–Crippen MR) is 136 cm³/mol. The zero-order chi connectivity index (χ0) is 25.3. The highest BCUT2D eigenvalue weighted by atomic mass is 16.6. The Balaban J connectivity index is 1.63. The van der Waals surface area contributed by atoms with Crippen molar-refractivity contribution in [2.45, 2.75) is 52.9 Å². The number of hydrogen-bond donors (Lipinski definition) is 1. The fourth-order valence-corrected chi connectivity index (χ4v) is 4.62. The van der Waals surface area contributed by atoms with Crippen molar-refractivity contribution in [3.63, 3.8) is 0 Å². The minimum absolute atomic E-state index is 0.189. The molecule has 6 heteroatoms. The molecule has 4 atom stereocenters. The van der Waals surface area contributed by atoms with Gasteiger partial charge in [-0.25, -0.2) is 9.80 Å². The first-order chi connectivity index (χ1) is 16.6. The van der Waals surface area contributed by atoms with Crippen molar-refractivity contribution in [1.82, 2.24) is 10.0 Å². The van der Waals surface area contributed by atoms with Crippen molar-refractivity contribution in [2.75, 3.05) is 6.54 Å². The molecule has 1 aliphatic rings. The summed E-state index contributed by atoms with van der Waals surface area (Å²) < 4.78 is 5.80. The van der Waals surface area contributed by atoms with Crippen LogP contribution in [0.4, 0.5) is 4.79 Å². The molecule has 0 radical (unpaired) electrons. The molecule has 1 heterocycles. The van der Waals surface area contributed by atoms with E-state index in [4.69, 9.17) is 4.74 Å². The van der Waals surface area contributed by atoms with E-state index < -0.39 is 30.1 Å². The Bertz CT molecular complexity index is 1200. The number of ether oxygens (including phenoxy) is 1. The van der Waals surface area contributed by atoms with Gasteiger partial charge in [0.1, 0.15) is 6.10 Å². The Morgan fingerprint density at radius 2 is 1.63 bits per heavy atom. The van der Waals surface area contributed by atoms with Gasteiger partial charge >= 0.3 is 6.09 Å². The summed E-state index contributed by atoms with van der Waals surface area (Å²) in [4.78, 5) is 27.0. The van der Waals surface area contributed by atoms with Crippen LogP contribution in [-0.4, -0.2) is 39.7 Å². The van der Waals surface area contributed by atoms with E-state index in [1.807, 2.05) is 79.7 Å². The number of benzene rings is 3. The van der Waals surface area contributed by atoms with E-state index in [1.54, 1.807) is 11.9 Å². The molecule has 0 aromatic heterocycles. The highest BCUT2D eigenvalue weighted by Crippen LogP contribution is 2.36. The van der Waals surface area contributed by atoms with Crippen LogP contribution in [0.15, 0.2) is 72.8 Å². The van der Waals surface area contributed by atoms with Gasteiger partial charge in [0.05, 0.1) is 18.1 Å². The van der Waals surface area contributed by atoms with Crippen molar-refractivity contribution in [3.05, 3.63) is 83.9 Å². The summed E-state index contributed by atoms with van der Waals surface area (Å²) in [6, 6.07) is 22.8. The minimum Gasteiger partial charge on any atom is -0.438 e. The number of carbonyl (C=O) groups excluding carboxylic acids is 2. The molecular formula is C29H34N2O4. The molecule has 184 valence electrons. The van der Waals surface area contributed by atoms with Crippen molar-refractivity contribution >= 4 is 22.8 Å². The highest BCUT2D eigenvalue weighted by Gasteiger charge is 2.46. The maximum atomic E-state index is 13.7. The molecule has 4 rings (SSSR count). The summed E-state index contributed by atoms with van der Waals surface area (Å²) in [7, 11) is 0. The number of amides is 2. The Kier molecular flexibility index (Phi) is 6.97. The molecule has 0 unspecified atom stereocenters. The highest BCUT2D eigenvalue weighted by molar-refractivity contribution is 5.93. The third kappa shape index (κ3) is 5.24. The van der Waals surface area contributed by atoms with Gasteiger partial charge in [0, 0.05) is 6.54 Å². The van der Waals surface area contributed by atoms with Crippen LogP contribution in [-0.2, 0) is 9.53 Å². The van der Waals surface area contributed by atoms with Crippen LogP contribution in [0.3, 0.4) is 0 Å². The number of cyclic esters (lactones) is 1. The monoisotopic (exact) mass is 474 g/mol. The maximum absolute atomic E-state index is 13.7. The van der Waals surface area contributed by atoms with Crippen molar-refractivity contribution in [1.29, 1.82) is 0 Å². The first-order valence-electron chi connectivity index (χ1n) is 12.1. The summed E-state index contributed by atoms with van der Waals surface area (Å²) in [6.07, 6.45) is -2.29. The van der Waals surface area contributed by atoms with E-state index in [-0.39, 0.29) is 11.5 Å². The Morgan fingerprint density at radius 3 is 2.29 bits per heavy atom. The summed E-state index contributed by atoms with van der Waals surface area (Å²) in [5, 5.41) is 16.1. The zero-order valence-corrected chi connectivity index (χ0v) is 21.0. The molecule has 35 heavy (non-hydrogen) atoms. The lowest BCUT2D eigenvalue weighted by molar-refractivity contribution is -0.178. The molecule has 1 N–H and O–H groups in total. The second kappa shape index (κ2) is 9.80. The number of rotatable bonds is 5. The molecule has 0 aliphatic carbocycles. The van der Waals surface area contributed by atoms with Gasteiger partial charge in [-0.3, -0.25) is 4.79 Å². The number of fused-ring (bicyclic) bond motifs is 1. The molecule has 3 aromatic carbocycles.